The molecule has 0 radical (unpaired) electrons. The second kappa shape index (κ2) is 8.49. The number of aryl methyl sites for hydroxylation is 1. The van der Waals surface area contributed by atoms with Crippen molar-refractivity contribution < 1.29 is 4.79 Å². The first-order chi connectivity index (χ1) is 14.4. The van der Waals surface area contributed by atoms with Gasteiger partial charge in [0.15, 0.2) is 5.11 Å². The summed E-state index contributed by atoms with van der Waals surface area (Å²) in [5.41, 5.74) is 5.23. The third kappa shape index (κ3) is 4.20. The number of nitrogens with zero attached hydrogens (tertiary/aromatic N) is 3. The molecule has 1 amide bonds. The van der Waals surface area contributed by atoms with Gasteiger partial charge in [0, 0.05) is 29.8 Å². The molecule has 154 valence electrons. The molecule has 4 rings (SSSR count). The minimum absolute atomic E-state index is 0.00750. The maximum atomic E-state index is 11.4. The van der Waals surface area contributed by atoms with Gasteiger partial charge in [-0.1, -0.05) is 24.3 Å². The molecule has 2 aromatic rings. The Labute approximate surface area is 185 Å². The molecule has 0 spiro atoms. The lowest BCUT2D eigenvalue weighted by Gasteiger charge is -2.21. The van der Waals surface area contributed by atoms with E-state index >= 15 is 0 Å². The Morgan fingerprint density at radius 2 is 2.27 bits per heavy atom. The van der Waals surface area contributed by atoms with Crippen LogP contribution in [0.25, 0.3) is 0 Å². The number of carbonyl (C=O) groups excluding carboxylic acids is 1. The molecular weight excluding hydrogens is 414 g/mol. The van der Waals surface area contributed by atoms with Gasteiger partial charge in [-0.15, -0.1) is 11.3 Å². The first-order valence-electron chi connectivity index (χ1n) is 9.74. The predicted octanol–water partition coefficient (Wildman–Crippen LogP) is 4.07. The monoisotopic (exact) mass is 437 g/mol. The van der Waals surface area contributed by atoms with Crippen LogP contribution in [0.3, 0.4) is 0 Å². The van der Waals surface area contributed by atoms with E-state index in [0.717, 1.165) is 33.8 Å². The molecule has 1 unspecified atom stereocenters. The van der Waals surface area contributed by atoms with Gasteiger partial charge in [0.2, 0.25) is 5.91 Å². The molecule has 1 aliphatic heterocycles. The molecule has 0 saturated carbocycles. The molecule has 8 heteroatoms. The number of anilines is 1. The fourth-order valence-electron chi connectivity index (χ4n) is 3.52. The topological polar surface area (TPSA) is 69.6 Å². The van der Waals surface area contributed by atoms with Crippen molar-refractivity contribution in [3.05, 3.63) is 69.9 Å². The minimum atomic E-state index is -0.0305. The third-order valence-electron chi connectivity index (χ3n) is 5.11. The molecular formula is C22H23N5OS2. The van der Waals surface area contributed by atoms with Gasteiger partial charge in [-0.2, -0.15) is 5.10 Å². The van der Waals surface area contributed by atoms with Crippen LogP contribution in [-0.2, 0) is 11.3 Å². The number of hydrogen-bond donors (Lipinski definition) is 2. The Balaban J connectivity index is 1.73. The van der Waals surface area contributed by atoms with Gasteiger partial charge in [-0.05, 0) is 55.3 Å². The van der Waals surface area contributed by atoms with Crippen molar-refractivity contribution in [1.29, 1.82) is 0 Å². The molecule has 0 aromatic carbocycles. The average Bonchev–Trinajstić information content (AvgIpc) is 2.91. The number of fused-ring (bicyclic) bond motifs is 1. The number of pyridine rings is 1. The minimum Gasteiger partial charge on any atom is -0.350 e. The zero-order valence-corrected chi connectivity index (χ0v) is 18.7. The first-order valence-corrected chi connectivity index (χ1v) is 11.0. The second-order valence-corrected chi connectivity index (χ2v) is 8.96. The average molecular weight is 438 g/mol. The van der Waals surface area contributed by atoms with Crippen molar-refractivity contribution in [2.24, 2.45) is 5.10 Å². The standard InChI is InChI=1S/C22H23N5OS2/c1-13-14(2)30-21-19(13)20(17-6-8-18(9-7-17)24-15(3)28)26-27(22(29)25-21)12-16-5-4-10-23-11-16/h4-8,10-11,18H,9,12H2,1-3H3,(H,24,28)(H,25,29). The van der Waals surface area contributed by atoms with Gasteiger partial charge in [-0.25, -0.2) is 5.01 Å². The Kier molecular flexibility index (Phi) is 5.78. The number of amides is 1. The highest BCUT2D eigenvalue weighted by atomic mass is 32.1. The maximum Gasteiger partial charge on any atom is 0.217 e. The zero-order valence-electron chi connectivity index (χ0n) is 17.1. The van der Waals surface area contributed by atoms with Crippen molar-refractivity contribution >= 4 is 45.3 Å². The van der Waals surface area contributed by atoms with Gasteiger partial charge in [0.05, 0.1) is 12.6 Å². The quantitative estimate of drug-likeness (QED) is 0.706. The summed E-state index contributed by atoms with van der Waals surface area (Å²) in [7, 11) is 0. The summed E-state index contributed by atoms with van der Waals surface area (Å²) in [6.07, 6.45) is 10.5. The van der Waals surface area contributed by atoms with Gasteiger partial charge in [-0.3, -0.25) is 9.78 Å². The summed E-state index contributed by atoms with van der Waals surface area (Å²) in [5, 5.41) is 14.7. The van der Waals surface area contributed by atoms with Gasteiger partial charge < -0.3 is 10.6 Å². The lowest BCUT2D eigenvalue weighted by molar-refractivity contribution is -0.119. The van der Waals surface area contributed by atoms with E-state index in [1.165, 1.54) is 17.4 Å². The van der Waals surface area contributed by atoms with Gasteiger partial charge in [0.25, 0.3) is 0 Å². The van der Waals surface area contributed by atoms with Crippen LogP contribution in [0.15, 0.2) is 53.4 Å². The summed E-state index contributed by atoms with van der Waals surface area (Å²) < 4.78 is 0. The molecule has 6 nitrogen and oxygen atoms in total. The molecule has 0 fully saturated rings. The van der Waals surface area contributed by atoms with Crippen LogP contribution in [0.5, 0.6) is 0 Å². The molecule has 1 aliphatic carbocycles. The lowest BCUT2D eigenvalue weighted by atomic mass is 9.94. The highest BCUT2D eigenvalue weighted by Gasteiger charge is 2.27. The number of thiophene rings is 1. The maximum absolute atomic E-state index is 11.4. The fourth-order valence-corrected chi connectivity index (χ4v) is 4.85. The van der Waals surface area contributed by atoms with Crippen LogP contribution in [0.4, 0.5) is 5.00 Å². The van der Waals surface area contributed by atoms with Gasteiger partial charge >= 0.3 is 0 Å². The largest absolute Gasteiger partial charge is 0.350 e. The first kappa shape index (κ1) is 20.4. The van der Waals surface area contributed by atoms with Crippen LogP contribution in [0, 0.1) is 13.8 Å². The van der Waals surface area contributed by atoms with Crippen LogP contribution >= 0.6 is 23.6 Å². The van der Waals surface area contributed by atoms with E-state index in [2.05, 4.69) is 35.5 Å². The van der Waals surface area contributed by atoms with Crippen LogP contribution in [0.1, 0.15) is 34.9 Å². The Morgan fingerprint density at radius 1 is 1.43 bits per heavy atom. The van der Waals surface area contributed by atoms with Gasteiger partial charge in [0.1, 0.15) is 10.7 Å². The number of thiocarbonyl (C=S) groups is 1. The molecule has 2 aliphatic rings. The van der Waals surface area contributed by atoms with Crippen molar-refractivity contribution in [3.63, 3.8) is 0 Å². The van der Waals surface area contributed by atoms with Crippen molar-refractivity contribution in [2.75, 3.05) is 5.32 Å². The third-order valence-corrected chi connectivity index (χ3v) is 6.55. The Bertz CT molecular complexity index is 1080. The van der Waals surface area contributed by atoms with E-state index in [9.17, 15) is 4.79 Å². The molecule has 0 bridgehead atoms. The number of rotatable bonds is 4. The molecule has 1 atom stereocenters. The van der Waals surface area contributed by atoms with Crippen molar-refractivity contribution in [1.82, 2.24) is 15.3 Å². The number of hydrazone groups is 1. The molecule has 2 aromatic heterocycles. The zero-order chi connectivity index (χ0) is 21.3. The van der Waals surface area contributed by atoms with E-state index in [4.69, 9.17) is 17.3 Å². The Hall–Kier alpha value is -2.84. The summed E-state index contributed by atoms with van der Waals surface area (Å²) in [4.78, 5) is 16.8. The molecule has 3 heterocycles. The highest BCUT2D eigenvalue weighted by Crippen LogP contribution is 2.37. The normalized spacial score (nSPS) is 18.2. The van der Waals surface area contributed by atoms with E-state index in [1.54, 1.807) is 17.5 Å². The summed E-state index contributed by atoms with van der Waals surface area (Å²) in [6, 6.07) is 3.93. The summed E-state index contributed by atoms with van der Waals surface area (Å²) in [5.74, 6) is -0.0305. The molecule has 2 N–H and O–H groups in total. The van der Waals surface area contributed by atoms with Crippen LogP contribution in [-0.4, -0.2) is 32.8 Å². The lowest BCUT2D eigenvalue weighted by Crippen LogP contribution is -2.32. The van der Waals surface area contributed by atoms with E-state index in [0.29, 0.717) is 11.7 Å². The molecule has 30 heavy (non-hydrogen) atoms. The number of nitrogens with one attached hydrogen (secondary N) is 2. The van der Waals surface area contributed by atoms with Crippen LogP contribution in [0.2, 0.25) is 0 Å². The van der Waals surface area contributed by atoms with Crippen LogP contribution < -0.4 is 10.6 Å². The highest BCUT2D eigenvalue weighted by molar-refractivity contribution is 7.80. The number of hydrogen-bond acceptors (Lipinski definition) is 5. The Morgan fingerprint density at radius 3 is 2.93 bits per heavy atom. The van der Waals surface area contributed by atoms with E-state index in [-0.39, 0.29) is 11.9 Å². The SMILES string of the molecule is CC(=O)NC1C=CC(C2=NN(Cc3cccnc3)C(=S)Nc3sc(C)c(C)c32)=CC1. The number of aromatic nitrogens is 1. The number of carbonyl (C=O) groups is 1. The van der Waals surface area contributed by atoms with Crippen molar-refractivity contribution in [2.45, 2.75) is 39.8 Å². The smallest absolute Gasteiger partial charge is 0.217 e. The summed E-state index contributed by atoms with van der Waals surface area (Å²) >= 11 is 7.36. The van der Waals surface area contributed by atoms with Crippen molar-refractivity contribution in [3.8, 4) is 0 Å². The van der Waals surface area contributed by atoms with E-state index < -0.39 is 0 Å². The predicted molar refractivity (Wildman–Crippen MR) is 126 cm³/mol. The second-order valence-electron chi connectivity index (χ2n) is 7.35. The fraction of sp³-hybridized carbons (Fsp3) is 0.273. The van der Waals surface area contributed by atoms with E-state index in [1.807, 2.05) is 35.5 Å². The summed E-state index contributed by atoms with van der Waals surface area (Å²) in [6.45, 7) is 6.30. The molecule has 0 saturated heterocycles. The number of allylic oxidation sites excluding steroid dienone is 2.